The lowest BCUT2D eigenvalue weighted by molar-refractivity contribution is -0.144. The predicted octanol–water partition coefficient (Wildman–Crippen LogP) is 13.9. The normalized spacial score (nSPS) is 16.7. The van der Waals surface area contributed by atoms with Gasteiger partial charge in [-0.15, -0.1) is 20.4 Å². The number of hydrogen-bond donors (Lipinski definition) is 1. The maximum Gasteiger partial charge on any atom is 0.416 e. The molecule has 9 rings (SSSR count). The zero-order valence-electron chi connectivity index (χ0n) is 43.7. The van der Waals surface area contributed by atoms with E-state index in [2.05, 4.69) is 36.1 Å². The number of nitrogens with one attached hydrogen (secondary N) is 1. The van der Waals surface area contributed by atoms with Crippen molar-refractivity contribution in [3.8, 4) is 0 Å². The lowest BCUT2D eigenvalue weighted by atomic mass is 9.94. The fraction of sp³-hybridized carbons (Fsp3) is 0.365. The molecule has 0 radical (unpaired) electrons. The van der Waals surface area contributed by atoms with Crippen molar-refractivity contribution in [3.05, 3.63) is 165 Å². The van der Waals surface area contributed by atoms with Crippen LogP contribution in [0.4, 0.5) is 107 Å². The molecule has 4 unspecified atom stereocenters. The van der Waals surface area contributed by atoms with E-state index < -0.39 is 118 Å². The van der Waals surface area contributed by atoms with Crippen LogP contribution in [0.1, 0.15) is 100 Å². The largest absolute Gasteiger partial charge is 0.444 e. The van der Waals surface area contributed by atoms with Crippen LogP contribution in [0.3, 0.4) is 0 Å². The van der Waals surface area contributed by atoms with E-state index in [1.165, 1.54) is 25.1 Å². The number of nitrogens with zero attached hydrogens (tertiary/aromatic N) is 11. The quantitative estimate of drug-likeness (QED) is 0.131. The number of rotatable bonds is 10. The van der Waals surface area contributed by atoms with E-state index in [0.29, 0.717) is 48.4 Å². The molecule has 4 atom stereocenters. The van der Waals surface area contributed by atoms with Crippen LogP contribution >= 0.6 is 0 Å². The summed E-state index contributed by atoms with van der Waals surface area (Å²) < 4.78 is 253. The van der Waals surface area contributed by atoms with E-state index in [4.69, 9.17) is 4.74 Å². The van der Waals surface area contributed by atoms with Crippen LogP contribution in [0.5, 0.6) is 0 Å². The molecule has 4 heterocycles. The van der Waals surface area contributed by atoms with E-state index in [0.717, 1.165) is 37.6 Å². The highest BCUT2D eigenvalue weighted by atomic mass is 19.4. The first-order valence-corrected chi connectivity index (χ1v) is 24.8. The van der Waals surface area contributed by atoms with Gasteiger partial charge in [-0.2, -0.15) is 88.6 Å². The number of amides is 1. The number of benzene rings is 5. The topological polar surface area (TPSA) is 135 Å². The lowest BCUT2D eigenvalue weighted by Gasteiger charge is -2.45. The van der Waals surface area contributed by atoms with Crippen molar-refractivity contribution >= 4 is 28.8 Å². The highest BCUT2D eigenvalue weighted by Gasteiger charge is 2.46. The van der Waals surface area contributed by atoms with Gasteiger partial charge in [-0.1, -0.05) is 44.2 Å². The first kappa shape index (κ1) is 61.7. The summed E-state index contributed by atoms with van der Waals surface area (Å²) >= 11 is 0. The van der Waals surface area contributed by atoms with Crippen molar-refractivity contribution in [1.82, 2.24) is 40.4 Å². The molecule has 450 valence electrons. The fourth-order valence-electron chi connectivity index (χ4n) is 9.50. The molecule has 0 aliphatic carbocycles. The molecule has 2 aliphatic heterocycles. The van der Waals surface area contributed by atoms with Crippen molar-refractivity contribution in [1.29, 1.82) is 0 Å². The molecule has 1 amide bonds. The Hall–Kier alpha value is -8.35. The van der Waals surface area contributed by atoms with Crippen LogP contribution in [-0.2, 0) is 62.5 Å². The Labute approximate surface area is 463 Å². The second-order valence-electron chi connectivity index (χ2n) is 19.2. The minimum Gasteiger partial charge on any atom is -0.444 e. The van der Waals surface area contributed by atoms with Gasteiger partial charge in [0, 0.05) is 19.1 Å². The Morgan fingerprint density at radius 1 is 0.524 bits per heavy atom. The van der Waals surface area contributed by atoms with Crippen molar-refractivity contribution in [3.63, 3.8) is 0 Å². The standard InChI is InChI=1S/C30H25F9N6O2.C22H19F9N6/c1-3-22-15-44(25(26-40-42-43(2)41-26)18-11-20(29(34,35)36)13-21(12-18)30(37,38)39)24-14-19(28(31,32)33)9-10-23(24)45(22)27(46)47-16-17-7-5-4-6-8-17;1-3-15-10-37(17-9-12(20(23,24)25)4-5-16(17)32-15)18(19-33-35-36(2)34-19)11-6-13(21(26,27)28)8-14(7-11)22(29,30)31/h4-14,22,25H,3,15-16H2,1-2H3;4-9,15,18,32H,3,10H2,1-2H3. The summed E-state index contributed by atoms with van der Waals surface area (Å²) in [6, 6.07) is 11.1. The van der Waals surface area contributed by atoms with Crippen LogP contribution in [-0.4, -0.2) is 71.7 Å². The number of alkyl halides is 18. The van der Waals surface area contributed by atoms with Crippen LogP contribution in [0, 0.1) is 0 Å². The van der Waals surface area contributed by atoms with Gasteiger partial charge < -0.3 is 19.9 Å². The maximum absolute atomic E-state index is 14.0. The Morgan fingerprint density at radius 2 is 0.952 bits per heavy atom. The molecule has 0 spiro atoms. The molecule has 7 aromatic rings. The van der Waals surface area contributed by atoms with Gasteiger partial charge in [-0.05, 0) is 113 Å². The molecule has 32 heteroatoms. The van der Waals surface area contributed by atoms with Crippen LogP contribution in [0.15, 0.2) is 103 Å². The first-order valence-electron chi connectivity index (χ1n) is 24.8. The number of carbonyl (C=O) groups is 1. The highest BCUT2D eigenvalue weighted by Crippen LogP contribution is 2.49. The van der Waals surface area contributed by atoms with E-state index >= 15 is 0 Å². The number of tetrazole rings is 2. The van der Waals surface area contributed by atoms with Gasteiger partial charge in [0.1, 0.15) is 18.7 Å². The van der Waals surface area contributed by atoms with E-state index in [9.17, 15) is 83.8 Å². The van der Waals surface area contributed by atoms with Gasteiger partial charge in [0.05, 0.1) is 76.3 Å². The van der Waals surface area contributed by atoms with Crippen molar-refractivity contribution in [2.45, 2.75) is 94.5 Å². The van der Waals surface area contributed by atoms with Crippen molar-refractivity contribution in [2.24, 2.45) is 14.1 Å². The van der Waals surface area contributed by atoms with E-state index in [-0.39, 0.29) is 66.8 Å². The SMILES string of the molecule is CCC1CN(C(c2cc(C(F)(F)F)cc(C(F)(F)F)c2)c2nnn(C)n2)c2cc(C(F)(F)F)ccc2N1.CCC1CN(C(c2cc(C(F)(F)F)cc(C(F)(F)F)c2)c2nnn(C)n2)c2cc(C(F)(F)F)ccc2N1C(=O)OCc1ccccc1. The number of carbonyl (C=O) groups excluding carboxylic acids is 1. The monoisotopic (exact) mass is 1210 g/mol. The summed E-state index contributed by atoms with van der Waals surface area (Å²) in [6.45, 7) is 2.82. The molecule has 0 saturated heterocycles. The minimum atomic E-state index is -5.22. The summed E-state index contributed by atoms with van der Waals surface area (Å²) in [5, 5.41) is 26.0. The fourth-order valence-corrected chi connectivity index (χ4v) is 9.50. The van der Waals surface area contributed by atoms with Crippen molar-refractivity contribution < 1.29 is 88.6 Å². The second kappa shape index (κ2) is 23.0. The minimum absolute atomic E-state index is 0.0209. The molecule has 14 nitrogen and oxygen atoms in total. The average molecular weight is 1210 g/mol. The molecule has 0 fully saturated rings. The summed E-state index contributed by atoms with van der Waals surface area (Å²) in [5.41, 5.74) is -9.45. The smallest absolute Gasteiger partial charge is 0.416 e. The van der Waals surface area contributed by atoms with Gasteiger partial charge in [-0.25, -0.2) is 4.79 Å². The molecule has 5 aromatic carbocycles. The Balaban J connectivity index is 0.000000225. The molecular formula is C52H44F18N12O2. The van der Waals surface area contributed by atoms with E-state index in [1.807, 2.05) is 0 Å². The number of ether oxygens (including phenoxy) is 1. The Bertz CT molecular complexity index is 3400. The average Bonchev–Trinajstić information content (AvgIpc) is 4.14. The Kier molecular flexibility index (Phi) is 16.9. The first-order chi connectivity index (χ1) is 39.0. The number of aryl methyl sites for hydroxylation is 2. The van der Waals surface area contributed by atoms with Crippen molar-refractivity contribution in [2.75, 3.05) is 33.1 Å². The van der Waals surface area contributed by atoms with Gasteiger partial charge in [-0.3, -0.25) is 4.90 Å². The summed E-state index contributed by atoms with van der Waals surface area (Å²) in [6.07, 6.45) is -30.7. The van der Waals surface area contributed by atoms with Crippen LogP contribution in [0.25, 0.3) is 0 Å². The molecule has 2 aliphatic rings. The zero-order valence-corrected chi connectivity index (χ0v) is 43.7. The van der Waals surface area contributed by atoms with Crippen LogP contribution in [0.2, 0.25) is 0 Å². The number of halogens is 18. The second-order valence-corrected chi connectivity index (χ2v) is 19.2. The summed E-state index contributed by atoms with van der Waals surface area (Å²) in [5.74, 6) is -0.673. The molecular weight excluding hydrogens is 1170 g/mol. The number of anilines is 4. The molecule has 84 heavy (non-hydrogen) atoms. The molecule has 2 aromatic heterocycles. The van der Waals surface area contributed by atoms with Gasteiger partial charge in [0.25, 0.3) is 0 Å². The van der Waals surface area contributed by atoms with Gasteiger partial charge >= 0.3 is 43.2 Å². The number of aromatic nitrogens is 8. The summed E-state index contributed by atoms with van der Waals surface area (Å²) in [4.78, 5) is 18.9. The lowest BCUT2D eigenvalue weighted by Crippen LogP contribution is -2.52. The zero-order chi connectivity index (χ0) is 61.6. The number of hydrogen-bond acceptors (Lipinski definition) is 11. The third kappa shape index (κ3) is 13.7. The molecule has 1 N–H and O–H groups in total. The van der Waals surface area contributed by atoms with Crippen LogP contribution < -0.4 is 20.0 Å². The summed E-state index contributed by atoms with van der Waals surface area (Å²) in [7, 11) is 2.63. The van der Waals surface area contributed by atoms with E-state index in [1.54, 1.807) is 44.2 Å². The molecule has 0 bridgehead atoms. The maximum atomic E-state index is 14.0. The highest BCUT2D eigenvalue weighted by molar-refractivity contribution is 5.95. The van der Waals surface area contributed by atoms with Gasteiger partial charge in [0.15, 0.2) is 0 Å². The Morgan fingerprint density at radius 3 is 1.36 bits per heavy atom. The third-order valence-corrected chi connectivity index (χ3v) is 13.4. The number of fused-ring (bicyclic) bond motifs is 2. The third-order valence-electron chi connectivity index (χ3n) is 13.4. The molecule has 0 saturated carbocycles. The predicted molar refractivity (Wildman–Crippen MR) is 263 cm³/mol. The van der Waals surface area contributed by atoms with Gasteiger partial charge in [0.2, 0.25) is 11.6 Å².